The highest BCUT2D eigenvalue weighted by atomic mass is 35.5. The second kappa shape index (κ2) is 3.67. The first kappa shape index (κ1) is 10.5. The molecule has 1 nitrogen and oxygen atoms in total. The Morgan fingerprint density at radius 3 is 2.31 bits per heavy atom. The Morgan fingerprint density at radius 2 is 1.85 bits per heavy atom. The van der Waals surface area contributed by atoms with Crippen molar-refractivity contribution in [2.45, 2.75) is 11.3 Å². The third-order valence-electron chi connectivity index (χ3n) is 1.09. The van der Waals surface area contributed by atoms with Crippen LogP contribution in [-0.4, -0.2) is 6.36 Å². The van der Waals surface area contributed by atoms with Gasteiger partial charge < -0.3 is 4.74 Å². The van der Waals surface area contributed by atoms with Gasteiger partial charge in [-0.1, -0.05) is 11.6 Å². The molecule has 0 unspecified atom stereocenters. The second-order valence-electron chi connectivity index (χ2n) is 2.19. The van der Waals surface area contributed by atoms with Crippen LogP contribution in [0, 0.1) is 0 Å². The molecule has 0 aliphatic heterocycles. The van der Waals surface area contributed by atoms with Crippen molar-refractivity contribution in [1.82, 2.24) is 0 Å². The lowest BCUT2D eigenvalue weighted by molar-refractivity contribution is -0.274. The summed E-state index contributed by atoms with van der Waals surface area (Å²) in [4.78, 5) is 0.312. The number of thiol groups is 1. The fourth-order valence-corrected chi connectivity index (χ4v) is 1.31. The van der Waals surface area contributed by atoms with E-state index in [1.165, 1.54) is 6.07 Å². The summed E-state index contributed by atoms with van der Waals surface area (Å²) in [5.41, 5.74) is 0. The van der Waals surface area contributed by atoms with Crippen LogP contribution in [0.15, 0.2) is 23.1 Å². The SMILES string of the molecule is FC(F)(F)Oc1cc(S)cc(Cl)c1. The number of rotatable bonds is 1. The van der Waals surface area contributed by atoms with Crippen molar-refractivity contribution in [2.24, 2.45) is 0 Å². The van der Waals surface area contributed by atoms with E-state index in [1.807, 2.05) is 0 Å². The van der Waals surface area contributed by atoms with E-state index in [0.29, 0.717) is 4.90 Å². The predicted octanol–water partition coefficient (Wildman–Crippen LogP) is 3.53. The van der Waals surface area contributed by atoms with Crippen LogP contribution in [0.1, 0.15) is 0 Å². The number of alkyl halides is 3. The normalized spacial score (nSPS) is 11.5. The van der Waals surface area contributed by atoms with Gasteiger partial charge in [-0.2, -0.15) is 0 Å². The first-order valence-corrected chi connectivity index (χ1v) is 3.95. The maximum Gasteiger partial charge on any atom is 0.573 e. The van der Waals surface area contributed by atoms with Crippen molar-refractivity contribution >= 4 is 24.2 Å². The molecular weight excluding hydrogens is 225 g/mol. The van der Waals surface area contributed by atoms with E-state index in [2.05, 4.69) is 17.4 Å². The van der Waals surface area contributed by atoms with Gasteiger partial charge in [0.15, 0.2) is 0 Å². The Kier molecular flexibility index (Phi) is 2.98. The molecule has 6 heteroatoms. The highest BCUT2D eigenvalue weighted by molar-refractivity contribution is 7.80. The molecule has 1 aromatic carbocycles. The highest BCUT2D eigenvalue weighted by Gasteiger charge is 2.31. The van der Waals surface area contributed by atoms with Gasteiger partial charge in [0.1, 0.15) is 5.75 Å². The van der Waals surface area contributed by atoms with Crippen molar-refractivity contribution in [3.05, 3.63) is 23.2 Å². The van der Waals surface area contributed by atoms with Crippen LogP contribution in [0.5, 0.6) is 5.75 Å². The molecule has 0 fully saturated rings. The third kappa shape index (κ3) is 3.78. The molecule has 0 spiro atoms. The largest absolute Gasteiger partial charge is 0.573 e. The Labute approximate surface area is 82.9 Å². The van der Waals surface area contributed by atoms with Crippen LogP contribution >= 0.6 is 24.2 Å². The quantitative estimate of drug-likeness (QED) is 0.724. The molecule has 0 radical (unpaired) electrons. The summed E-state index contributed by atoms with van der Waals surface area (Å²) in [6.45, 7) is 0. The first-order valence-electron chi connectivity index (χ1n) is 3.12. The molecule has 0 aliphatic rings. The van der Waals surface area contributed by atoms with Gasteiger partial charge >= 0.3 is 6.36 Å². The summed E-state index contributed by atoms with van der Waals surface area (Å²) in [5, 5.41) is 0.145. The maximum atomic E-state index is 11.7. The molecule has 0 atom stereocenters. The fourth-order valence-electron chi connectivity index (χ4n) is 0.740. The van der Waals surface area contributed by atoms with Crippen LogP contribution in [0.4, 0.5) is 13.2 Å². The Hall–Kier alpha value is -0.550. The summed E-state index contributed by atoms with van der Waals surface area (Å²) in [5.74, 6) is -0.370. The zero-order chi connectivity index (χ0) is 10.1. The molecule has 72 valence electrons. The highest BCUT2D eigenvalue weighted by Crippen LogP contribution is 2.27. The van der Waals surface area contributed by atoms with Crippen molar-refractivity contribution in [3.63, 3.8) is 0 Å². The summed E-state index contributed by atoms with van der Waals surface area (Å²) < 4.78 is 38.8. The van der Waals surface area contributed by atoms with Gasteiger partial charge in [0.25, 0.3) is 0 Å². The van der Waals surface area contributed by atoms with Crippen LogP contribution in [0.2, 0.25) is 5.02 Å². The van der Waals surface area contributed by atoms with E-state index in [9.17, 15) is 13.2 Å². The number of benzene rings is 1. The summed E-state index contributed by atoms with van der Waals surface area (Å²) in [6.07, 6.45) is -4.70. The smallest absolute Gasteiger partial charge is 0.406 e. The minimum absolute atomic E-state index is 0.145. The van der Waals surface area contributed by atoms with E-state index in [1.54, 1.807) is 0 Å². The zero-order valence-corrected chi connectivity index (χ0v) is 7.75. The predicted molar refractivity (Wildman–Crippen MR) is 45.4 cm³/mol. The molecule has 0 aliphatic carbocycles. The molecule has 0 heterocycles. The Morgan fingerprint density at radius 1 is 1.23 bits per heavy atom. The van der Waals surface area contributed by atoms with Crippen LogP contribution < -0.4 is 4.74 Å². The lowest BCUT2D eigenvalue weighted by Gasteiger charge is -2.09. The van der Waals surface area contributed by atoms with Crippen molar-refractivity contribution in [3.8, 4) is 5.75 Å². The van der Waals surface area contributed by atoms with E-state index in [-0.39, 0.29) is 10.8 Å². The van der Waals surface area contributed by atoms with E-state index in [0.717, 1.165) is 12.1 Å². The minimum atomic E-state index is -4.70. The third-order valence-corrected chi connectivity index (χ3v) is 1.57. The summed E-state index contributed by atoms with van der Waals surface area (Å²) >= 11 is 9.32. The number of ether oxygens (including phenoxy) is 1. The van der Waals surface area contributed by atoms with Gasteiger partial charge in [-0.25, -0.2) is 0 Å². The lowest BCUT2D eigenvalue weighted by atomic mass is 10.3. The van der Waals surface area contributed by atoms with Crippen LogP contribution in [0.3, 0.4) is 0 Å². The molecular formula is C7H4ClF3OS. The topological polar surface area (TPSA) is 9.23 Å². The number of halogens is 4. The monoisotopic (exact) mass is 228 g/mol. The molecule has 0 amide bonds. The molecule has 0 saturated carbocycles. The molecule has 1 aromatic rings. The van der Waals surface area contributed by atoms with Gasteiger partial charge in [-0.15, -0.1) is 25.8 Å². The zero-order valence-electron chi connectivity index (χ0n) is 6.10. The van der Waals surface area contributed by atoms with Crippen LogP contribution in [0.25, 0.3) is 0 Å². The molecule has 0 saturated heterocycles. The van der Waals surface area contributed by atoms with Gasteiger partial charge in [0.05, 0.1) is 0 Å². The Bertz CT molecular complexity index is 293. The lowest BCUT2D eigenvalue weighted by Crippen LogP contribution is -2.17. The standard InChI is InChI=1S/C7H4ClF3OS/c8-4-1-5(3-6(13)2-4)12-7(9,10)11/h1-3,13H. The van der Waals surface area contributed by atoms with Gasteiger partial charge in [0.2, 0.25) is 0 Å². The van der Waals surface area contributed by atoms with Crippen molar-refractivity contribution in [2.75, 3.05) is 0 Å². The Balaban J connectivity index is 2.90. The van der Waals surface area contributed by atoms with Crippen LogP contribution in [-0.2, 0) is 0 Å². The number of hydrogen-bond acceptors (Lipinski definition) is 2. The molecule has 0 aromatic heterocycles. The summed E-state index contributed by atoms with van der Waals surface area (Å²) in [7, 11) is 0. The van der Waals surface area contributed by atoms with Gasteiger partial charge in [-0.3, -0.25) is 0 Å². The van der Waals surface area contributed by atoms with Crippen molar-refractivity contribution in [1.29, 1.82) is 0 Å². The van der Waals surface area contributed by atoms with E-state index < -0.39 is 6.36 Å². The molecule has 13 heavy (non-hydrogen) atoms. The van der Waals surface area contributed by atoms with E-state index in [4.69, 9.17) is 11.6 Å². The second-order valence-corrected chi connectivity index (χ2v) is 3.15. The van der Waals surface area contributed by atoms with Gasteiger partial charge in [-0.05, 0) is 18.2 Å². The summed E-state index contributed by atoms with van der Waals surface area (Å²) in [6, 6.07) is 3.60. The maximum absolute atomic E-state index is 11.7. The minimum Gasteiger partial charge on any atom is -0.406 e. The van der Waals surface area contributed by atoms with E-state index >= 15 is 0 Å². The number of hydrogen-bond donors (Lipinski definition) is 1. The molecule has 1 rings (SSSR count). The average molecular weight is 229 g/mol. The molecule has 0 N–H and O–H groups in total. The van der Waals surface area contributed by atoms with Gasteiger partial charge in [0, 0.05) is 9.92 Å². The van der Waals surface area contributed by atoms with Crippen molar-refractivity contribution < 1.29 is 17.9 Å². The molecule has 0 bridgehead atoms. The average Bonchev–Trinajstić information content (AvgIpc) is 1.78. The fraction of sp³-hybridized carbons (Fsp3) is 0.143. The first-order chi connectivity index (χ1) is 5.87.